The normalized spacial score (nSPS) is 20.9. The van der Waals surface area contributed by atoms with Crippen LogP contribution in [0.25, 0.3) is 0 Å². The Morgan fingerprint density at radius 1 is 0.833 bits per heavy atom. The Kier molecular flexibility index (Phi) is 28.6. The van der Waals surface area contributed by atoms with Gasteiger partial charge in [-0.1, -0.05) is 60.1 Å². The molecule has 0 aromatic heterocycles. The molecule has 8 N–H and O–H groups in total. The zero-order chi connectivity index (χ0) is 39.3. The molecule has 16 nitrogen and oxygen atoms in total. The second-order valence-corrected chi connectivity index (χ2v) is 20.3. The lowest BCUT2D eigenvalue weighted by Gasteiger charge is -2.20. The van der Waals surface area contributed by atoms with E-state index in [4.69, 9.17) is 33.7 Å². The second kappa shape index (κ2) is 30.9. The number of phosphoric acid groups is 2. The van der Waals surface area contributed by atoms with Crippen LogP contribution in [-0.2, 0) is 36.8 Å². The van der Waals surface area contributed by atoms with E-state index >= 15 is 0 Å². The smallest absolute Gasteiger partial charge is 0.396 e. The molecule has 0 aromatic carbocycles. The first kappa shape index (κ1) is 50.0. The summed E-state index contributed by atoms with van der Waals surface area (Å²) >= 11 is 1.86. The van der Waals surface area contributed by atoms with Crippen molar-refractivity contribution in [3.8, 4) is 0 Å². The van der Waals surface area contributed by atoms with E-state index in [1.807, 2.05) is 33.3 Å². The molecule has 2 aliphatic rings. The molecule has 2 rings (SSSR count). The van der Waals surface area contributed by atoms with E-state index < -0.39 is 21.6 Å². The molecule has 0 saturated carbocycles. The summed E-state index contributed by atoms with van der Waals surface area (Å²) in [4.78, 5) is 44.3. The van der Waals surface area contributed by atoms with Gasteiger partial charge in [-0.3, -0.25) is 22.9 Å². The summed E-state index contributed by atoms with van der Waals surface area (Å²) in [6, 6.07) is 0.253. The van der Waals surface area contributed by atoms with Crippen LogP contribution in [0.15, 0.2) is 0 Å². The molecule has 54 heavy (non-hydrogen) atoms. The number of nitrogens with two attached hydrogens (primary N) is 1. The van der Waals surface area contributed by atoms with Crippen molar-refractivity contribution in [2.24, 2.45) is 11.7 Å². The fourth-order valence-corrected chi connectivity index (χ4v) is 11.2. The number of carbonyl (C=O) groups is 2. The summed E-state index contributed by atoms with van der Waals surface area (Å²) in [6.07, 6.45) is 12.5. The SMILES string of the molecule is NCCOCCOP(=O)(O)OCC(CCCCNC(=O)CCCC[C@H]1SC[C@@H]2NC(=O)N[C@@H]21)COP(=O)(O)OCCCCCCSSCCCCCCO. The van der Waals surface area contributed by atoms with Crippen LogP contribution in [0.5, 0.6) is 0 Å². The maximum absolute atomic E-state index is 12.6. The first-order valence-electron chi connectivity index (χ1n) is 19.4. The lowest BCUT2D eigenvalue weighted by Crippen LogP contribution is -2.36. The molecule has 318 valence electrons. The third-order valence-corrected chi connectivity index (χ3v) is 14.8. The van der Waals surface area contributed by atoms with Crippen molar-refractivity contribution >= 4 is 60.9 Å². The molecular formula is C33H66N4O12P2S3. The minimum atomic E-state index is -4.41. The number of amides is 3. The lowest BCUT2D eigenvalue weighted by molar-refractivity contribution is -0.121. The van der Waals surface area contributed by atoms with Gasteiger partial charge in [0.1, 0.15) is 0 Å². The van der Waals surface area contributed by atoms with Crippen molar-refractivity contribution in [2.45, 2.75) is 114 Å². The molecule has 0 bridgehead atoms. The molecule has 2 fully saturated rings. The summed E-state index contributed by atoms with van der Waals surface area (Å²) in [5.74, 6) is 2.52. The fraction of sp³-hybridized carbons (Fsp3) is 0.939. The summed E-state index contributed by atoms with van der Waals surface area (Å²) < 4.78 is 50.7. The van der Waals surface area contributed by atoms with Gasteiger partial charge in [0, 0.05) is 54.5 Å². The summed E-state index contributed by atoms with van der Waals surface area (Å²) in [6.45, 7) is 0.786. The third kappa shape index (κ3) is 25.3. The molecule has 3 amide bonds. The minimum Gasteiger partial charge on any atom is -0.396 e. The lowest BCUT2D eigenvalue weighted by atomic mass is 10.0. The highest BCUT2D eigenvalue weighted by atomic mass is 33.1. The van der Waals surface area contributed by atoms with Crippen molar-refractivity contribution < 1.29 is 56.4 Å². The second-order valence-electron chi connectivity index (χ2n) is 13.4. The van der Waals surface area contributed by atoms with E-state index in [0.29, 0.717) is 50.4 Å². The monoisotopic (exact) mass is 868 g/mol. The van der Waals surface area contributed by atoms with E-state index in [2.05, 4.69) is 16.0 Å². The van der Waals surface area contributed by atoms with Gasteiger partial charge in [-0.05, 0) is 51.4 Å². The highest BCUT2D eigenvalue weighted by Gasteiger charge is 2.42. The number of nitrogens with one attached hydrogen (secondary N) is 3. The van der Waals surface area contributed by atoms with Gasteiger partial charge >= 0.3 is 21.7 Å². The maximum Gasteiger partial charge on any atom is 0.472 e. The molecule has 2 aliphatic heterocycles. The molecule has 2 heterocycles. The van der Waals surface area contributed by atoms with Crippen LogP contribution in [0.3, 0.4) is 0 Å². The number of ether oxygens (including phenoxy) is 1. The number of aliphatic hydroxyl groups is 1. The van der Waals surface area contributed by atoms with Gasteiger partial charge in [-0.2, -0.15) is 11.8 Å². The van der Waals surface area contributed by atoms with Gasteiger partial charge in [0.2, 0.25) is 5.91 Å². The van der Waals surface area contributed by atoms with Crippen molar-refractivity contribution in [2.75, 3.05) is 76.6 Å². The molecule has 0 aliphatic carbocycles. The van der Waals surface area contributed by atoms with Gasteiger partial charge in [0.15, 0.2) is 0 Å². The fourth-order valence-electron chi connectivity index (χ4n) is 5.77. The van der Waals surface area contributed by atoms with E-state index in [1.54, 1.807) is 0 Å². The average Bonchev–Trinajstić information content (AvgIpc) is 3.69. The van der Waals surface area contributed by atoms with Crippen LogP contribution < -0.4 is 21.7 Å². The van der Waals surface area contributed by atoms with Gasteiger partial charge in [-0.15, -0.1) is 0 Å². The number of unbranched alkanes of at least 4 members (excludes halogenated alkanes) is 8. The van der Waals surface area contributed by atoms with Gasteiger partial charge in [-0.25, -0.2) is 13.9 Å². The third-order valence-electron chi connectivity index (χ3n) is 8.73. The number of thioether (sulfide) groups is 1. The standard InChI is InChI=1S/C33H66N4O12P2S3/c34-16-20-45-21-22-47-51(43,44)49-26-28(25-48-50(41,42)46-19-10-2-4-12-24-54-53-23-11-3-1-9-18-38)13-7-8-17-35-31(39)15-6-5-14-30-32-29(27-52-30)36-33(40)37-32/h28-30,32,38H,1-27,34H2,(H,35,39)(H,41,42)(H,43,44)(H2,36,37,40)/t28?,29-,30+,32-/m0/s1. The zero-order valence-electron chi connectivity index (χ0n) is 31.6. The van der Waals surface area contributed by atoms with Crippen LogP contribution in [0, 0.1) is 5.92 Å². The molecular weight excluding hydrogens is 803 g/mol. The molecule has 2 saturated heterocycles. The average molecular weight is 869 g/mol. The quantitative estimate of drug-likeness (QED) is 0.0180. The molecule has 6 atom stereocenters. The van der Waals surface area contributed by atoms with Crippen LogP contribution in [0.2, 0.25) is 0 Å². The Hall–Kier alpha value is -0.110. The highest BCUT2D eigenvalue weighted by molar-refractivity contribution is 8.76. The first-order valence-corrected chi connectivity index (χ1v) is 25.9. The number of fused-ring (bicyclic) bond motifs is 1. The number of urea groups is 1. The number of phosphoric ester groups is 2. The number of carbonyl (C=O) groups excluding carboxylic acids is 2. The molecule has 0 spiro atoms. The van der Waals surface area contributed by atoms with Gasteiger partial charge in [0.25, 0.3) is 0 Å². The van der Waals surface area contributed by atoms with E-state index in [0.717, 1.165) is 75.0 Å². The van der Waals surface area contributed by atoms with Crippen molar-refractivity contribution in [1.82, 2.24) is 16.0 Å². The van der Waals surface area contributed by atoms with Gasteiger partial charge < -0.3 is 41.3 Å². The van der Waals surface area contributed by atoms with Gasteiger partial charge in [0.05, 0.1) is 51.7 Å². The van der Waals surface area contributed by atoms with Crippen LogP contribution in [0.1, 0.15) is 96.3 Å². The van der Waals surface area contributed by atoms with E-state index in [9.17, 15) is 28.5 Å². The Balaban J connectivity index is 1.62. The number of rotatable bonds is 37. The molecule has 0 aromatic rings. The Morgan fingerprint density at radius 3 is 2.19 bits per heavy atom. The Morgan fingerprint density at radius 2 is 1.50 bits per heavy atom. The van der Waals surface area contributed by atoms with Crippen LogP contribution in [-0.4, -0.2) is 121 Å². The topological polar surface area (TPSA) is 237 Å². The van der Waals surface area contributed by atoms with Crippen LogP contribution in [0.4, 0.5) is 4.79 Å². The summed E-state index contributed by atoms with van der Waals surface area (Å²) in [5.41, 5.74) is 5.36. The molecule has 3 unspecified atom stereocenters. The first-order chi connectivity index (χ1) is 26.0. The zero-order valence-corrected chi connectivity index (χ0v) is 35.9. The van der Waals surface area contributed by atoms with Crippen molar-refractivity contribution in [3.05, 3.63) is 0 Å². The van der Waals surface area contributed by atoms with Crippen LogP contribution >= 0.6 is 49.0 Å². The number of hydrogen-bond donors (Lipinski definition) is 7. The minimum absolute atomic E-state index is 0.0341. The van der Waals surface area contributed by atoms with Crippen molar-refractivity contribution in [1.29, 1.82) is 0 Å². The van der Waals surface area contributed by atoms with E-state index in [1.165, 1.54) is 6.42 Å². The molecule has 0 radical (unpaired) electrons. The largest absolute Gasteiger partial charge is 0.472 e. The van der Waals surface area contributed by atoms with E-state index in [-0.39, 0.29) is 70.3 Å². The number of hydrogen-bond acceptors (Lipinski definition) is 14. The highest BCUT2D eigenvalue weighted by Crippen LogP contribution is 2.46. The Labute approximate surface area is 334 Å². The Bertz CT molecular complexity index is 1110. The summed E-state index contributed by atoms with van der Waals surface area (Å²) in [7, 11) is -5.02. The predicted octanol–water partition coefficient (Wildman–Crippen LogP) is 5.35. The molecule has 21 heteroatoms. The number of aliphatic hydroxyl groups excluding tert-OH is 1. The predicted molar refractivity (Wildman–Crippen MR) is 217 cm³/mol. The summed E-state index contributed by atoms with van der Waals surface area (Å²) in [5, 5.41) is 18.0. The van der Waals surface area contributed by atoms with Crippen molar-refractivity contribution in [3.63, 3.8) is 0 Å². The maximum atomic E-state index is 12.6.